The minimum absolute atomic E-state index is 0.252. The first-order valence-corrected chi connectivity index (χ1v) is 9.96. The Morgan fingerprint density at radius 1 is 1.12 bits per heavy atom. The molecule has 3 nitrogen and oxygen atoms in total. The van der Waals surface area contributed by atoms with Gasteiger partial charge >= 0.3 is 0 Å². The first-order valence-electron chi connectivity index (χ1n) is 9.96. The van der Waals surface area contributed by atoms with E-state index in [0.29, 0.717) is 5.41 Å². The van der Waals surface area contributed by atoms with E-state index in [-0.39, 0.29) is 11.3 Å². The summed E-state index contributed by atoms with van der Waals surface area (Å²) in [6, 6.07) is 11.2. The molecule has 1 amide bonds. The van der Waals surface area contributed by atoms with Crippen molar-refractivity contribution in [3.8, 4) is 0 Å². The van der Waals surface area contributed by atoms with Gasteiger partial charge < -0.3 is 10.2 Å². The zero-order valence-corrected chi connectivity index (χ0v) is 15.8. The van der Waals surface area contributed by atoms with Crippen LogP contribution in [-0.2, 0) is 10.2 Å². The highest BCUT2D eigenvalue weighted by atomic mass is 16.1. The third-order valence-corrected chi connectivity index (χ3v) is 6.99. The van der Waals surface area contributed by atoms with E-state index >= 15 is 0 Å². The highest BCUT2D eigenvalue weighted by Gasteiger charge is 2.58. The van der Waals surface area contributed by atoms with Gasteiger partial charge in [-0.25, -0.2) is 0 Å². The van der Waals surface area contributed by atoms with Crippen molar-refractivity contribution in [2.75, 3.05) is 27.2 Å². The number of hydrogen-bond donors (Lipinski definition) is 1. The Kier molecular flexibility index (Phi) is 4.39. The molecule has 4 saturated carbocycles. The molecule has 4 fully saturated rings. The molecule has 4 aliphatic rings. The first kappa shape index (κ1) is 17.1. The number of nitrogens with one attached hydrogen (secondary N) is 1. The van der Waals surface area contributed by atoms with E-state index in [0.717, 1.165) is 31.3 Å². The van der Waals surface area contributed by atoms with E-state index < -0.39 is 0 Å². The molecular formula is C22H32N2O. The monoisotopic (exact) mass is 340 g/mol. The van der Waals surface area contributed by atoms with Gasteiger partial charge in [0.05, 0.1) is 0 Å². The lowest BCUT2D eigenvalue weighted by Crippen LogP contribution is -2.55. The number of hydrogen-bond acceptors (Lipinski definition) is 2. The molecule has 2 unspecified atom stereocenters. The summed E-state index contributed by atoms with van der Waals surface area (Å²) < 4.78 is 0. The summed E-state index contributed by atoms with van der Waals surface area (Å²) >= 11 is 0. The normalized spacial score (nSPS) is 36.0. The fraction of sp³-hybridized carbons (Fsp3) is 0.682. The Morgan fingerprint density at radius 3 is 2.44 bits per heavy atom. The fourth-order valence-corrected chi connectivity index (χ4v) is 6.61. The van der Waals surface area contributed by atoms with E-state index in [2.05, 4.69) is 54.6 Å². The molecular weight excluding hydrogens is 308 g/mol. The van der Waals surface area contributed by atoms with Crippen molar-refractivity contribution < 1.29 is 4.79 Å². The van der Waals surface area contributed by atoms with Gasteiger partial charge in [-0.05, 0) is 80.8 Å². The first-order chi connectivity index (χ1) is 12.0. The molecule has 1 N–H and O–H groups in total. The predicted molar refractivity (Wildman–Crippen MR) is 101 cm³/mol. The average Bonchev–Trinajstić information content (AvgIpc) is 2.53. The predicted octanol–water partition coefficient (Wildman–Crippen LogP) is 3.59. The van der Waals surface area contributed by atoms with Crippen LogP contribution < -0.4 is 5.32 Å². The summed E-state index contributed by atoms with van der Waals surface area (Å²) in [5.41, 5.74) is 2.12. The molecule has 5 rings (SSSR count). The Labute approximate surface area is 152 Å². The minimum atomic E-state index is 0.252. The van der Waals surface area contributed by atoms with Crippen LogP contribution in [0.15, 0.2) is 30.3 Å². The number of likely N-dealkylation sites (N-methyl/N-ethyl adjacent to an activating group) is 1. The second-order valence-corrected chi connectivity index (χ2v) is 9.44. The van der Waals surface area contributed by atoms with Gasteiger partial charge in [-0.2, -0.15) is 0 Å². The molecule has 136 valence electrons. The summed E-state index contributed by atoms with van der Waals surface area (Å²) in [4.78, 5) is 14.7. The zero-order valence-electron chi connectivity index (χ0n) is 15.8. The van der Waals surface area contributed by atoms with E-state index in [4.69, 9.17) is 0 Å². The Morgan fingerprint density at radius 2 is 1.80 bits per heavy atom. The fourth-order valence-electron chi connectivity index (χ4n) is 6.61. The molecule has 0 aliphatic heterocycles. The smallest absolute Gasteiger partial charge is 0.220 e. The van der Waals surface area contributed by atoms with Crippen molar-refractivity contribution in [2.45, 2.75) is 50.4 Å². The third kappa shape index (κ3) is 3.36. The summed E-state index contributed by atoms with van der Waals surface area (Å²) in [7, 11) is 4.10. The van der Waals surface area contributed by atoms with Gasteiger partial charge in [-0.3, -0.25) is 4.79 Å². The van der Waals surface area contributed by atoms with Crippen LogP contribution in [0.1, 0.15) is 50.5 Å². The molecule has 1 aromatic rings. The topological polar surface area (TPSA) is 32.3 Å². The van der Waals surface area contributed by atoms with Crippen molar-refractivity contribution in [2.24, 2.45) is 17.3 Å². The summed E-state index contributed by atoms with van der Waals surface area (Å²) in [6.45, 7) is 1.68. The largest absolute Gasteiger partial charge is 0.355 e. The van der Waals surface area contributed by atoms with Gasteiger partial charge in [0.25, 0.3) is 0 Å². The van der Waals surface area contributed by atoms with Crippen molar-refractivity contribution in [3.05, 3.63) is 35.9 Å². The van der Waals surface area contributed by atoms with E-state index in [1.165, 1.54) is 44.1 Å². The van der Waals surface area contributed by atoms with Crippen molar-refractivity contribution in [1.29, 1.82) is 0 Å². The van der Waals surface area contributed by atoms with Crippen LogP contribution in [0, 0.1) is 17.3 Å². The Balaban J connectivity index is 1.50. The summed E-state index contributed by atoms with van der Waals surface area (Å²) in [5.74, 6) is 1.93. The lowest BCUT2D eigenvalue weighted by molar-refractivity contribution is -0.131. The number of rotatable bonds is 6. The van der Waals surface area contributed by atoms with Crippen molar-refractivity contribution in [3.63, 3.8) is 0 Å². The SMILES string of the molecule is CN(C)CCNC(=O)CC12CC3CC(C1)CC(c1ccccc1)(C3)C2. The summed E-state index contributed by atoms with van der Waals surface area (Å²) in [6.07, 6.45) is 8.60. The average molecular weight is 341 g/mol. The number of carbonyl (C=O) groups is 1. The number of amides is 1. The molecule has 0 saturated heterocycles. The quantitative estimate of drug-likeness (QED) is 0.858. The molecule has 2 atom stereocenters. The number of nitrogens with zero attached hydrogens (tertiary/aromatic N) is 1. The lowest BCUT2D eigenvalue weighted by atomic mass is 9.42. The lowest BCUT2D eigenvalue weighted by Gasteiger charge is -2.62. The zero-order chi connectivity index (χ0) is 17.5. The van der Waals surface area contributed by atoms with E-state index in [1.807, 2.05) is 0 Å². The number of carbonyl (C=O) groups excluding carboxylic acids is 1. The van der Waals surface area contributed by atoms with Gasteiger partial charge in [0.1, 0.15) is 0 Å². The Bertz CT molecular complexity index is 610. The van der Waals surface area contributed by atoms with E-state index in [9.17, 15) is 4.79 Å². The molecule has 4 bridgehead atoms. The highest BCUT2D eigenvalue weighted by molar-refractivity contribution is 5.76. The highest BCUT2D eigenvalue weighted by Crippen LogP contribution is 2.66. The van der Waals surface area contributed by atoms with Crippen molar-refractivity contribution >= 4 is 5.91 Å². The second-order valence-electron chi connectivity index (χ2n) is 9.44. The maximum absolute atomic E-state index is 12.6. The van der Waals surface area contributed by atoms with Gasteiger partial charge in [-0.15, -0.1) is 0 Å². The summed E-state index contributed by atoms with van der Waals surface area (Å²) in [5, 5.41) is 3.16. The van der Waals surface area contributed by atoms with E-state index in [1.54, 1.807) is 0 Å². The molecule has 25 heavy (non-hydrogen) atoms. The van der Waals surface area contributed by atoms with Gasteiger partial charge in [0, 0.05) is 19.5 Å². The third-order valence-electron chi connectivity index (χ3n) is 6.99. The molecule has 4 aliphatic carbocycles. The van der Waals surface area contributed by atoms with Gasteiger partial charge in [0.15, 0.2) is 0 Å². The van der Waals surface area contributed by atoms with Crippen LogP contribution in [0.3, 0.4) is 0 Å². The molecule has 0 radical (unpaired) electrons. The maximum atomic E-state index is 12.6. The molecule has 0 spiro atoms. The van der Waals surface area contributed by atoms with Crippen LogP contribution >= 0.6 is 0 Å². The van der Waals surface area contributed by atoms with Crippen LogP contribution in [0.4, 0.5) is 0 Å². The standard InChI is InChI=1S/C22H32N2O/c1-24(2)9-8-23-20(25)15-21-11-17-10-18(12-21)14-22(13-17,16-21)19-6-4-3-5-7-19/h3-7,17-18H,8-16H2,1-2H3,(H,23,25). The van der Waals surface area contributed by atoms with Crippen LogP contribution in [0.2, 0.25) is 0 Å². The number of benzene rings is 1. The van der Waals surface area contributed by atoms with Gasteiger partial charge in [-0.1, -0.05) is 30.3 Å². The van der Waals surface area contributed by atoms with Gasteiger partial charge in [0.2, 0.25) is 5.91 Å². The molecule has 3 heteroatoms. The second kappa shape index (κ2) is 6.42. The van der Waals surface area contributed by atoms with Crippen LogP contribution in [0.25, 0.3) is 0 Å². The van der Waals surface area contributed by atoms with Crippen LogP contribution in [0.5, 0.6) is 0 Å². The van der Waals surface area contributed by atoms with Crippen LogP contribution in [-0.4, -0.2) is 38.0 Å². The molecule has 1 aromatic carbocycles. The molecule has 0 aromatic heterocycles. The van der Waals surface area contributed by atoms with Crippen molar-refractivity contribution in [1.82, 2.24) is 10.2 Å². The molecule has 0 heterocycles. The Hall–Kier alpha value is -1.35. The maximum Gasteiger partial charge on any atom is 0.220 e. The minimum Gasteiger partial charge on any atom is -0.355 e.